The van der Waals surface area contributed by atoms with E-state index in [4.69, 9.17) is 5.26 Å². The van der Waals surface area contributed by atoms with Gasteiger partial charge in [0.15, 0.2) is 0 Å². The van der Waals surface area contributed by atoms with E-state index in [0.29, 0.717) is 16.4 Å². The lowest BCUT2D eigenvalue weighted by Gasteiger charge is -2.07. The number of rotatable bonds is 5. The van der Waals surface area contributed by atoms with Gasteiger partial charge < -0.3 is 5.32 Å². The van der Waals surface area contributed by atoms with E-state index in [1.807, 2.05) is 37.3 Å². The molecule has 1 N–H and O–H groups in total. The predicted octanol–water partition coefficient (Wildman–Crippen LogP) is 2.57. The lowest BCUT2D eigenvalue weighted by atomic mass is 10.2. The molecule has 0 aliphatic carbocycles. The molecule has 0 atom stereocenters. The normalized spacial score (nSPS) is 10.2. The smallest absolute Gasteiger partial charge is 0.234 e. The summed E-state index contributed by atoms with van der Waals surface area (Å²) < 4.78 is 1.59. The van der Waals surface area contributed by atoms with Crippen LogP contribution in [0.15, 0.2) is 53.7 Å². The van der Waals surface area contributed by atoms with Crippen LogP contribution in [0.1, 0.15) is 11.1 Å². The Morgan fingerprint density at radius 1 is 1.28 bits per heavy atom. The molecular weight excluding hydrogens is 336 g/mol. The summed E-state index contributed by atoms with van der Waals surface area (Å²) in [6.07, 6.45) is 0. The van der Waals surface area contributed by atoms with Crippen molar-refractivity contribution in [1.82, 2.24) is 20.2 Å². The first kappa shape index (κ1) is 16.7. The van der Waals surface area contributed by atoms with Gasteiger partial charge in [0.25, 0.3) is 0 Å². The largest absolute Gasteiger partial charge is 0.324 e. The number of carbonyl (C=O) groups excluding carboxylic acids is 1. The first-order valence-corrected chi connectivity index (χ1v) is 8.43. The number of anilines is 1. The Morgan fingerprint density at radius 2 is 2.12 bits per heavy atom. The van der Waals surface area contributed by atoms with Crippen molar-refractivity contribution in [1.29, 1.82) is 5.26 Å². The number of benzene rings is 2. The number of tetrazole rings is 1. The van der Waals surface area contributed by atoms with E-state index in [1.165, 1.54) is 11.8 Å². The van der Waals surface area contributed by atoms with Crippen molar-refractivity contribution < 1.29 is 4.79 Å². The predicted molar refractivity (Wildman–Crippen MR) is 94.4 cm³/mol. The Hall–Kier alpha value is -3.18. The summed E-state index contributed by atoms with van der Waals surface area (Å²) in [6, 6.07) is 16.7. The van der Waals surface area contributed by atoms with Crippen LogP contribution in [-0.4, -0.2) is 31.9 Å². The number of nitriles is 1. The molecule has 1 aromatic heterocycles. The van der Waals surface area contributed by atoms with Gasteiger partial charge in [-0.15, -0.1) is 5.10 Å². The average molecular weight is 350 g/mol. The molecule has 0 aliphatic rings. The number of aromatic nitrogens is 4. The summed E-state index contributed by atoms with van der Waals surface area (Å²) >= 11 is 1.23. The fourth-order valence-electron chi connectivity index (χ4n) is 2.20. The Bertz CT molecular complexity index is 946. The Balaban J connectivity index is 1.68. The Labute approximate surface area is 148 Å². The molecular formula is C17H14N6OS. The average Bonchev–Trinajstić information content (AvgIpc) is 3.09. The van der Waals surface area contributed by atoms with Crippen LogP contribution in [0.3, 0.4) is 0 Å². The highest BCUT2D eigenvalue weighted by atomic mass is 32.2. The van der Waals surface area contributed by atoms with Gasteiger partial charge in [-0.25, -0.2) is 0 Å². The maximum Gasteiger partial charge on any atom is 0.234 e. The molecule has 25 heavy (non-hydrogen) atoms. The van der Waals surface area contributed by atoms with Crippen LogP contribution in [0.25, 0.3) is 5.69 Å². The van der Waals surface area contributed by atoms with Gasteiger partial charge in [-0.3, -0.25) is 4.79 Å². The number of hydrogen-bond donors (Lipinski definition) is 1. The van der Waals surface area contributed by atoms with Crippen molar-refractivity contribution in [3.63, 3.8) is 0 Å². The maximum atomic E-state index is 12.2. The molecule has 1 heterocycles. The van der Waals surface area contributed by atoms with E-state index >= 15 is 0 Å². The fourth-order valence-corrected chi connectivity index (χ4v) is 2.89. The quantitative estimate of drug-likeness (QED) is 0.711. The highest BCUT2D eigenvalue weighted by Crippen LogP contribution is 2.20. The van der Waals surface area contributed by atoms with Gasteiger partial charge in [-0.2, -0.15) is 9.94 Å². The van der Waals surface area contributed by atoms with Crippen LogP contribution in [-0.2, 0) is 4.79 Å². The van der Waals surface area contributed by atoms with Gasteiger partial charge >= 0.3 is 0 Å². The standard InChI is InChI=1S/C17H14N6OS/c1-12-5-4-7-14(9-12)23-17(20-21-22-23)25-11-16(24)19-15-8-3-2-6-13(15)10-18/h2-9H,11H2,1H3,(H,19,24). The second kappa shape index (κ2) is 7.59. The number of amides is 1. The molecule has 0 aliphatic heterocycles. The minimum Gasteiger partial charge on any atom is -0.324 e. The van der Waals surface area contributed by atoms with Gasteiger partial charge in [0.2, 0.25) is 11.1 Å². The summed E-state index contributed by atoms with van der Waals surface area (Å²) in [5.41, 5.74) is 2.84. The SMILES string of the molecule is Cc1cccc(-n2nnnc2SCC(=O)Nc2ccccc2C#N)c1. The molecule has 0 unspecified atom stereocenters. The third-order valence-electron chi connectivity index (χ3n) is 3.34. The van der Waals surface area contributed by atoms with Gasteiger partial charge in [-0.05, 0) is 47.2 Å². The third kappa shape index (κ3) is 4.02. The van der Waals surface area contributed by atoms with Crippen molar-refractivity contribution in [2.75, 3.05) is 11.1 Å². The Kier molecular flexibility index (Phi) is 5.06. The van der Waals surface area contributed by atoms with E-state index in [0.717, 1.165) is 11.3 Å². The topological polar surface area (TPSA) is 96.5 Å². The van der Waals surface area contributed by atoms with Crippen LogP contribution in [0.5, 0.6) is 0 Å². The zero-order valence-corrected chi connectivity index (χ0v) is 14.2. The van der Waals surface area contributed by atoms with E-state index in [1.54, 1.807) is 28.9 Å². The minimum atomic E-state index is -0.230. The molecule has 0 saturated carbocycles. The molecule has 0 radical (unpaired) electrons. The summed E-state index contributed by atoms with van der Waals surface area (Å²) in [7, 11) is 0. The van der Waals surface area contributed by atoms with Gasteiger partial charge in [0.1, 0.15) is 6.07 Å². The monoisotopic (exact) mass is 350 g/mol. The third-order valence-corrected chi connectivity index (χ3v) is 4.26. The first-order valence-electron chi connectivity index (χ1n) is 7.44. The number of hydrogen-bond acceptors (Lipinski definition) is 6. The van der Waals surface area contributed by atoms with Crippen molar-refractivity contribution in [3.05, 3.63) is 59.7 Å². The minimum absolute atomic E-state index is 0.131. The second-order valence-electron chi connectivity index (χ2n) is 5.21. The number of para-hydroxylation sites is 1. The molecule has 8 heteroatoms. The number of nitrogens with one attached hydrogen (secondary N) is 1. The van der Waals surface area contributed by atoms with E-state index in [-0.39, 0.29) is 11.7 Å². The summed E-state index contributed by atoms with van der Waals surface area (Å²) in [5.74, 6) is -0.0992. The summed E-state index contributed by atoms with van der Waals surface area (Å²) in [5, 5.41) is 23.9. The van der Waals surface area contributed by atoms with Gasteiger partial charge in [0.05, 0.1) is 22.7 Å². The fraction of sp³-hybridized carbons (Fsp3) is 0.118. The van der Waals surface area contributed by atoms with Crippen molar-refractivity contribution in [3.8, 4) is 11.8 Å². The first-order chi connectivity index (χ1) is 12.2. The van der Waals surface area contributed by atoms with Crippen LogP contribution >= 0.6 is 11.8 Å². The van der Waals surface area contributed by atoms with E-state index in [9.17, 15) is 4.79 Å². The highest BCUT2D eigenvalue weighted by Gasteiger charge is 2.12. The van der Waals surface area contributed by atoms with Gasteiger partial charge in [-0.1, -0.05) is 36.0 Å². The lowest BCUT2D eigenvalue weighted by molar-refractivity contribution is -0.113. The van der Waals surface area contributed by atoms with Crippen molar-refractivity contribution >= 4 is 23.4 Å². The van der Waals surface area contributed by atoms with Crippen molar-refractivity contribution in [2.24, 2.45) is 0 Å². The van der Waals surface area contributed by atoms with Crippen LogP contribution in [0.4, 0.5) is 5.69 Å². The molecule has 1 amide bonds. The van der Waals surface area contributed by atoms with Crippen molar-refractivity contribution in [2.45, 2.75) is 12.1 Å². The molecule has 2 aromatic carbocycles. The number of thioether (sulfide) groups is 1. The Morgan fingerprint density at radius 3 is 2.92 bits per heavy atom. The molecule has 124 valence electrons. The molecule has 0 saturated heterocycles. The number of nitrogens with zero attached hydrogens (tertiary/aromatic N) is 5. The zero-order chi connectivity index (χ0) is 17.6. The summed E-state index contributed by atoms with van der Waals surface area (Å²) in [6.45, 7) is 1.99. The molecule has 0 spiro atoms. The zero-order valence-electron chi connectivity index (χ0n) is 13.4. The highest BCUT2D eigenvalue weighted by molar-refractivity contribution is 7.99. The maximum absolute atomic E-state index is 12.2. The van der Waals surface area contributed by atoms with E-state index < -0.39 is 0 Å². The van der Waals surface area contributed by atoms with Gasteiger partial charge in [0, 0.05) is 0 Å². The molecule has 0 bridgehead atoms. The summed E-state index contributed by atoms with van der Waals surface area (Å²) in [4.78, 5) is 12.2. The second-order valence-corrected chi connectivity index (χ2v) is 6.15. The van der Waals surface area contributed by atoms with Crippen LogP contribution < -0.4 is 5.32 Å². The molecule has 3 aromatic rings. The van der Waals surface area contributed by atoms with Crippen LogP contribution in [0.2, 0.25) is 0 Å². The van der Waals surface area contributed by atoms with Crippen LogP contribution in [0, 0.1) is 18.3 Å². The lowest BCUT2D eigenvalue weighted by Crippen LogP contribution is -2.15. The molecule has 0 fully saturated rings. The molecule has 3 rings (SSSR count). The van der Waals surface area contributed by atoms with E-state index in [2.05, 4.69) is 20.8 Å². The number of carbonyl (C=O) groups is 1. The number of aryl methyl sites for hydroxylation is 1. The molecule has 7 nitrogen and oxygen atoms in total.